The highest BCUT2D eigenvalue weighted by molar-refractivity contribution is 7.91. The second kappa shape index (κ2) is 32.2. The molecular formula is C36H68N2O7S2. The van der Waals surface area contributed by atoms with Crippen LogP contribution in [-0.4, -0.2) is 79.8 Å². The zero-order chi connectivity index (χ0) is 34.1. The van der Waals surface area contributed by atoms with E-state index >= 15 is 0 Å². The van der Waals surface area contributed by atoms with Crippen molar-refractivity contribution in [2.45, 2.75) is 154 Å². The van der Waals surface area contributed by atoms with E-state index in [-0.39, 0.29) is 12.7 Å². The van der Waals surface area contributed by atoms with Crippen LogP contribution in [0.4, 0.5) is 0 Å². The minimum Gasteiger partial charge on any atom is -0.616 e. The summed E-state index contributed by atoms with van der Waals surface area (Å²) in [5.74, 6) is 1.02. The number of aromatic nitrogens is 2. The first kappa shape index (κ1) is 44.0. The second-order valence-electron chi connectivity index (χ2n) is 12.7. The number of ether oxygens (including phenoxy) is 3. The quantitative estimate of drug-likeness (QED) is 0.0384. The Balaban J connectivity index is 2.05. The van der Waals surface area contributed by atoms with E-state index in [1.54, 1.807) is 18.5 Å². The molecule has 11 heteroatoms. The van der Waals surface area contributed by atoms with Crippen molar-refractivity contribution in [1.82, 2.24) is 9.97 Å². The molecule has 47 heavy (non-hydrogen) atoms. The topological polar surface area (TPSA) is 120 Å². The molecule has 0 aromatic carbocycles. The van der Waals surface area contributed by atoms with Crippen LogP contribution in [0.25, 0.3) is 0 Å². The lowest BCUT2D eigenvalue weighted by atomic mass is 10.0. The molecule has 2 unspecified atom stereocenters. The van der Waals surface area contributed by atoms with Gasteiger partial charge in [-0.15, -0.1) is 0 Å². The Hall–Kier alpha value is -0.980. The van der Waals surface area contributed by atoms with Crippen molar-refractivity contribution in [3.8, 4) is 6.01 Å². The fraction of sp³-hybridized carbons (Fsp3) is 0.889. The summed E-state index contributed by atoms with van der Waals surface area (Å²) in [4.78, 5) is 8.33. The molecule has 1 aromatic heterocycles. The van der Waals surface area contributed by atoms with Crippen LogP contribution in [0, 0.1) is 0 Å². The summed E-state index contributed by atoms with van der Waals surface area (Å²) in [6, 6.07) is 2.04. The summed E-state index contributed by atoms with van der Waals surface area (Å²) in [7, 11) is -3.35. The maximum Gasteiger partial charge on any atom is 0.316 e. The highest BCUT2D eigenvalue weighted by Crippen LogP contribution is 2.14. The molecule has 1 rings (SSSR count). The first-order valence-corrected chi connectivity index (χ1v) is 22.0. The SMILES string of the molecule is CCCCCCCCCCCCCCCCCCOCC(C[S+]([O-])CCCCCOCCCCCOS(C)(=O)=O)Oc1ncccn1. The van der Waals surface area contributed by atoms with Gasteiger partial charge in [-0.25, -0.2) is 9.97 Å². The molecule has 0 bridgehead atoms. The van der Waals surface area contributed by atoms with E-state index in [1.807, 2.05) is 0 Å². The first-order valence-electron chi connectivity index (χ1n) is 18.7. The van der Waals surface area contributed by atoms with Gasteiger partial charge in [-0.05, 0) is 62.2 Å². The van der Waals surface area contributed by atoms with Crippen LogP contribution in [0.3, 0.4) is 0 Å². The van der Waals surface area contributed by atoms with Crippen LogP contribution in [0.2, 0.25) is 0 Å². The smallest absolute Gasteiger partial charge is 0.316 e. The normalized spacial score (nSPS) is 13.2. The Bertz CT molecular complexity index is 897. The molecule has 0 spiro atoms. The van der Waals surface area contributed by atoms with Crippen LogP contribution in [-0.2, 0) is 35.0 Å². The fourth-order valence-corrected chi connectivity index (χ4v) is 7.00. The van der Waals surface area contributed by atoms with E-state index < -0.39 is 21.3 Å². The summed E-state index contributed by atoms with van der Waals surface area (Å²) in [6.07, 6.45) is 30.8. The molecule has 0 amide bonds. The van der Waals surface area contributed by atoms with Gasteiger partial charge in [0.2, 0.25) is 0 Å². The minimum absolute atomic E-state index is 0.228. The zero-order valence-corrected chi connectivity index (χ0v) is 31.5. The van der Waals surface area contributed by atoms with Gasteiger partial charge < -0.3 is 18.8 Å². The number of rotatable bonds is 36. The highest BCUT2D eigenvalue weighted by atomic mass is 32.2. The number of unbranched alkanes of at least 4 members (excludes halogenated alkanes) is 19. The van der Waals surface area contributed by atoms with E-state index in [1.165, 1.54) is 96.3 Å². The van der Waals surface area contributed by atoms with Crippen molar-refractivity contribution in [2.24, 2.45) is 0 Å². The van der Waals surface area contributed by atoms with Crippen LogP contribution in [0.15, 0.2) is 18.5 Å². The van der Waals surface area contributed by atoms with Crippen molar-refractivity contribution in [2.75, 3.05) is 50.8 Å². The molecule has 0 radical (unpaired) electrons. The largest absolute Gasteiger partial charge is 0.616 e. The van der Waals surface area contributed by atoms with Gasteiger partial charge in [0, 0.05) is 32.2 Å². The molecule has 0 aliphatic carbocycles. The Morgan fingerprint density at radius 1 is 0.660 bits per heavy atom. The summed E-state index contributed by atoms with van der Waals surface area (Å²) < 4.78 is 57.0. The Morgan fingerprint density at radius 3 is 1.64 bits per heavy atom. The first-order chi connectivity index (χ1) is 22.9. The van der Waals surface area contributed by atoms with Crippen molar-refractivity contribution in [3.05, 3.63) is 18.5 Å². The van der Waals surface area contributed by atoms with Gasteiger partial charge in [0.25, 0.3) is 10.1 Å². The molecule has 276 valence electrons. The molecular weight excluding hydrogens is 637 g/mol. The van der Waals surface area contributed by atoms with Crippen LogP contribution in [0.5, 0.6) is 6.01 Å². The maximum absolute atomic E-state index is 12.8. The molecule has 0 fully saturated rings. The molecule has 0 saturated carbocycles. The molecule has 0 aliphatic heterocycles. The van der Waals surface area contributed by atoms with Gasteiger partial charge in [0.1, 0.15) is 11.5 Å². The molecule has 0 N–H and O–H groups in total. The highest BCUT2D eigenvalue weighted by Gasteiger charge is 2.20. The predicted molar refractivity (Wildman–Crippen MR) is 194 cm³/mol. The predicted octanol–water partition coefficient (Wildman–Crippen LogP) is 8.58. The molecule has 1 heterocycles. The zero-order valence-electron chi connectivity index (χ0n) is 29.9. The third kappa shape index (κ3) is 32.0. The standard InChI is InChI=1S/C36H68N2O7S2/c1-3-4-5-6-7-8-9-10-11-12-13-14-15-16-17-20-30-43-33-35(45-36-37-26-25-27-38-36)34-46(39)32-24-19-22-29-42-28-21-18-23-31-44-47(2,40)41/h25-27,35H,3-24,28-34H2,1-2H3. The van der Waals surface area contributed by atoms with E-state index in [0.29, 0.717) is 50.4 Å². The molecule has 9 nitrogen and oxygen atoms in total. The molecule has 0 saturated heterocycles. The summed E-state index contributed by atoms with van der Waals surface area (Å²) in [5.41, 5.74) is 0. The lowest BCUT2D eigenvalue weighted by molar-refractivity contribution is 0.0534. The average molecular weight is 705 g/mol. The monoisotopic (exact) mass is 704 g/mol. The van der Waals surface area contributed by atoms with E-state index in [0.717, 1.165) is 44.8 Å². The molecule has 0 aliphatic rings. The number of nitrogens with zero attached hydrogens (tertiary/aromatic N) is 2. The molecule has 2 atom stereocenters. The van der Waals surface area contributed by atoms with Gasteiger partial charge in [0.05, 0.1) is 19.5 Å². The van der Waals surface area contributed by atoms with Gasteiger partial charge >= 0.3 is 6.01 Å². The third-order valence-corrected chi connectivity index (χ3v) is 10.1. The Labute approximate surface area is 291 Å². The minimum atomic E-state index is -3.35. The lowest BCUT2D eigenvalue weighted by Crippen LogP contribution is -2.33. The van der Waals surface area contributed by atoms with E-state index in [2.05, 4.69) is 16.9 Å². The number of hydrogen-bond donors (Lipinski definition) is 0. The van der Waals surface area contributed by atoms with E-state index in [4.69, 9.17) is 18.4 Å². The number of hydrogen-bond acceptors (Lipinski definition) is 9. The van der Waals surface area contributed by atoms with Crippen molar-refractivity contribution >= 4 is 21.3 Å². The summed E-state index contributed by atoms with van der Waals surface area (Å²) in [5, 5.41) is 0. The van der Waals surface area contributed by atoms with Gasteiger partial charge in [0.15, 0.2) is 6.10 Å². The fourth-order valence-electron chi connectivity index (χ4n) is 5.31. The van der Waals surface area contributed by atoms with Gasteiger partial charge in [-0.2, -0.15) is 8.42 Å². The van der Waals surface area contributed by atoms with Crippen LogP contribution < -0.4 is 4.74 Å². The van der Waals surface area contributed by atoms with Gasteiger partial charge in [-0.3, -0.25) is 4.18 Å². The van der Waals surface area contributed by atoms with Gasteiger partial charge in [-0.1, -0.05) is 103 Å². The Morgan fingerprint density at radius 2 is 1.11 bits per heavy atom. The third-order valence-electron chi connectivity index (χ3n) is 8.02. The summed E-state index contributed by atoms with van der Waals surface area (Å²) >= 11 is -1.02. The van der Waals surface area contributed by atoms with Crippen molar-refractivity contribution in [3.63, 3.8) is 0 Å². The summed E-state index contributed by atoms with van der Waals surface area (Å²) in [6.45, 7) is 4.92. The second-order valence-corrected chi connectivity index (χ2v) is 16.0. The van der Waals surface area contributed by atoms with Crippen LogP contribution in [0.1, 0.15) is 148 Å². The van der Waals surface area contributed by atoms with E-state index in [9.17, 15) is 13.0 Å². The molecule has 1 aromatic rings. The van der Waals surface area contributed by atoms with Crippen LogP contribution >= 0.6 is 0 Å². The van der Waals surface area contributed by atoms with Crippen molar-refractivity contribution < 1.29 is 31.4 Å². The Kier molecular flexibility index (Phi) is 30.2. The lowest BCUT2D eigenvalue weighted by Gasteiger charge is -2.20. The average Bonchev–Trinajstić information content (AvgIpc) is 3.04. The maximum atomic E-state index is 12.8. The van der Waals surface area contributed by atoms with Crippen molar-refractivity contribution in [1.29, 1.82) is 0 Å².